The van der Waals surface area contributed by atoms with Gasteiger partial charge in [0, 0.05) is 11.8 Å². The van der Waals surface area contributed by atoms with Crippen LogP contribution in [0.2, 0.25) is 0 Å². The first-order valence-corrected chi connectivity index (χ1v) is 10.4. The number of aliphatic imine (C=N–C) groups is 1. The van der Waals surface area contributed by atoms with Crippen molar-refractivity contribution in [1.29, 1.82) is 5.41 Å². The van der Waals surface area contributed by atoms with Crippen LogP contribution in [-0.4, -0.2) is 44.5 Å². The average Bonchev–Trinajstić information content (AvgIpc) is 3.44. The number of amides is 1. The first-order chi connectivity index (χ1) is 16.9. The molecule has 1 saturated heterocycles. The lowest BCUT2D eigenvalue weighted by Gasteiger charge is -2.20. The fourth-order valence-electron chi connectivity index (χ4n) is 3.86. The minimum atomic E-state index is -0.623. The van der Waals surface area contributed by atoms with E-state index in [9.17, 15) is 13.6 Å². The van der Waals surface area contributed by atoms with Crippen molar-refractivity contribution in [3.8, 4) is 11.1 Å². The van der Waals surface area contributed by atoms with Gasteiger partial charge in [-0.25, -0.2) is 33.0 Å². The van der Waals surface area contributed by atoms with E-state index in [4.69, 9.17) is 15.9 Å². The maximum absolute atomic E-state index is 14.7. The van der Waals surface area contributed by atoms with Crippen LogP contribution in [0.15, 0.2) is 53.9 Å². The van der Waals surface area contributed by atoms with Gasteiger partial charge in [-0.05, 0) is 42.3 Å². The van der Waals surface area contributed by atoms with Gasteiger partial charge in [-0.15, -0.1) is 0 Å². The van der Waals surface area contributed by atoms with Gasteiger partial charge < -0.3 is 10.5 Å². The molecule has 4 aromatic rings. The Balaban J connectivity index is 1.56. The quantitative estimate of drug-likeness (QED) is 0.335. The molecule has 1 fully saturated rings. The molecule has 3 N–H and O–H groups in total. The molecule has 0 spiro atoms. The lowest BCUT2D eigenvalue weighted by atomic mass is 10.1. The molecule has 1 unspecified atom stereocenters. The number of carbonyl (C=O) groups excluding carboxylic acids is 1. The van der Waals surface area contributed by atoms with Crippen molar-refractivity contribution in [3.05, 3.63) is 77.4 Å². The SMILES string of the molecule is Cc1cc(C2COC(=O)N2c2ccn3ncc(-c4ccc(C(N)=NC=N)c(F)c4)c3n2)ncc1F. The lowest BCUT2D eigenvalue weighted by molar-refractivity contribution is 0.178. The normalized spacial score (nSPS) is 16.1. The monoisotopic (exact) mass is 476 g/mol. The van der Waals surface area contributed by atoms with Gasteiger partial charge in [-0.3, -0.25) is 10.4 Å². The summed E-state index contributed by atoms with van der Waals surface area (Å²) in [6.07, 6.45) is 4.37. The van der Waals surface area contributed by atoms with E-state index in [2.05, 4.69) is 20.1 Å². The van der Waals surface area contributed by atoms with Crippen LogP contribution in [0.3, 0.4) is 0 Å². The van der Waals surface area contributed by atoms with Crippen molar-refractivity contribution < 1.29 is 18.3 Å². The maximum atomic E-state index is 14.7. The number of nitrogens with two attached hydrogens (primary N) is 1. The topological polar surface area (TPSA) is 135 Å². The van der Waals surface area contributed by atoms with E-state index in [1.165, 1.54) is 27.7 Å². The number of amidine groups is 1. The Hall–Kier alpha value is -4.74. The van der Waals surface area contributed by atoms with Gasteiger partial charge in [0.25, 0.3) is 0 Å². The summed E-state index contributed by atoms with van der Waals surface area (Å²) in [7, 11) is 0. The van der Waals surface area contributed by atoms with Crippen molar-refractivity contribution in [1.82, 2.24) is 19.6 Å². The summed E-state index contributed by atoms with van der Waals surface area (Å²) in [5.74, 6) is -0.914. The highest BCUT2D eigenvalue weighted by molar-refractivity contribution is 6.01. The number of nitrogens with one attached hydrogen (secondary N) is 1. The number of ether oxygens (including phenoxy) is 1. The van der Waals surface area contributed by atoms with Gasteiger partial charge >= 0.3 is 6.09 Å². The number of pyridine rings is 1. The molecule has 5 rings (SSSR count). The van der Waals surface area contributed by atoms with E-state index in [0.717, 1.165) is 12.5 Å². The second-order valence-corrected chi connectivity index (χ2v) is 7.77. The first kappa shape index (κ1) is 22.1. The van der Waals surface area contributed by atoms with Crippen LogP contribution < -0.4 is 10.6 Å². The summed E-state index contributed by atoms with van der Waals surface area (Å²) < 4.78 is 35.2. The number of aromatic nitrogens is 4. The minimum absolute atomic E-state index is 0.0290. The largest absolute Gasteiger partial charge is 0.446 e. The zero-order valence-corrected chi connectivity index (χ0v) is 18.3. The smallest absolute Gasteiger partial charge is 0.416 e. The summed E-state index contributed by atoms with van der Waals surface area (Å²) in [6, 6.07) is 6.92. The molecule has 1 amide bonds. The Morgan fingerprint density at radius 3 is 2.83 bits per heavy atom. The molecule has 10 nitrogen and oxygen atoms in total. The van der Waals surface area contributed by atoms with Crippen LogP contribution in [0.1, 0.15) is 22.9 Å². The zero-order chi connectivity index (χ0) is 24.7. The summed E-state index contributed by atoms with van der Waals surface area (Å²) in [4.78, 5) is 26.3. The average molecular weight is 476 g/mol. The lowest BCUT2D eigenvalue weighted by Crippen LogP contribution is -2.29. The van der Waals surface area contributed by atoms with Crippen molar-refractivity contribution in [3.63, 3.8) is 0 Å². The Bertz CT molecular complexity index is 1520. The van der Waals surface area contributed by atoms with E-state index in [0.29, 0.717) is 28.0 Å². The number of rotatable bonds is 5. The Morgan fingerprint density at radius 1 is 1.26 bits per heavy atom. The highest BCUT2D eigenvalue weighted by Crippen LogP contribution is 2.33. The Labute approximate surface area is 197 Å². The molecule has 1 aromatic carbocycles. The Morgan fingerprint density at radius 2 is 2.09 bits per heavy atom. The molecule has 1 aliphatic heterocycles. The predicted molar refractivity (Wildman–Crippen MR) is 123 cm³/mol. The van der Waals surface area contributed by atoms with Gasteiger partial charge in [0.05, 0.1) is 23.7 Å². The van der Waals surface area contributed by atoms with Gasteiger partial charge in [-0.2, -0.15) is 5.10 Å². The van der Waals surface area contributed by atoms with Crippen LogP contribution in [0.5, 0.6) is 0 Å². The van der Waals surface area contributed by atoms with Crippen LogP contribution in [-0.2, 0) is 4.74 Å². The van der Waals surface area contributed by atoms with Crippen molar-refractivity contribution >= 4 is 29.7 Å². The van der Waals surface area contributed by atoms with E-state index in [1.54, 1.807) is 31.3 Å². The number of nitrogens with zero attached hydrogens (tertiary/aromatic N) is 6. The molecule has 3 aromatic heterocycles. The first-order valence-electron chi connectivity index (χ1n) is 10.4. The molecule has 0 radical (unpaired) electrons. The highest BCUT2D eigenvalue weighted by Gasteiger charge is 2.37. The summed E-state index contributed by atoms with van der Waals surface area (Å²) >= 11 is 0. The predicted octanol–water partition coefficient (Wildman–Crippen LogP) is 3.39. The second kappa shape index (κ2) is 8.56. The molecule has 0 aliphatic carbocycles. The Kier molecular flexibility index (Phi) is 5.40. The molecule has 4 heterocycles. The number of carbonyl (C=O) groups is 1. The number of fused-ring (bicyclic) bond motifs is 1. The molecule has 0 saturated carbocycles. The number of anilines is 1. The molecular weight excluding hydrogens is 458 g/mol. The number of benzene rings is 1. The van der Waals surface area contributed by atoms with E-state index >= 15 is 0 Å². The molecule has 1 atom stereocenters. The fraction of sp³-hybridized carbons (Fsp3) is 0.130. The second-order valence-electron chi connectivity index (χ2n) is 7.77. The van der Waals surface area contributed by atoms with Crippen molar-refractivity contribution in [2.75, 3.05) is 11.5 Å². The maximum Gasteiger partial charge on any atom is 0.416 e. The molecule has 1 aliphatic rings. The molecular formula is C23H18F2N8O2. The van der Waals surface area contributed by atoms with Gasteiger partial charge in [-0.1, -0.05) is 6.07 Å². The van der Waals surface area contributed by atoms with Crippen LogP contribution in [0, 0.1) is 24.0 Å². The standard InChI is InChI=1S/C23H18F2N8O2/c1-12-6-18(28-9-17(12)25)19-10-35-23(34)33(19)20-4-5-32-22(31-20)15(8-30-32)13-2-3-14(16(24)7-13)21(27)29-11-26/h2-9,11,19H,10H2,1H3,(H3,26,27,29). The number of halogens is 2. The van der Waals surface area contributed by atoms with E-state index < -0.39 is 23.8 Å². The van der Waals surface area contributed by atoms with Crippen molar-refractivity contribution in [2.24, 2.45) is 10.7 Å². The van der Waals surface area contributed by atoms with Crippen LogP contribution in [0.4, 0.5) is 19.4 Å². The van der Waals surface area contributed by atoms with Gasteiger partial charge in [0.15, 0.2) is 5.65 Å². The summed E-state index contributed by atoms with van der Waals surface area (Å²) in [5, 5.41) is 11.3. The highest BCUT2D eigenvalue weighted by atomic mass is 19.1. The molecule has 12 heteroatoms. The van der Waals surface area contributed by atoms with Crippen LogP contribution >= 0.6 is 0 Å². The zero-order valence-electron chi connectivity index (χ0n) is 18.3. The summed E-state index contributed by atoms with van der Waals surface area (Å²) in [6.45, 7) is 1.64. The van der Waals surface area contributed by atoms with Gasteiger partial charge in [0.2, 0.25) is 0 Å². The molecule has 35 heavy (non-hydrogen) atoms. The number of cyclic esters (lactones) is 1. The van der Waals surface area contributed by atoms with Crippen molar-refractivity contribution in [2.45, 2.75) is 13.0 Å². The summed E-state index contributed by atoms with van der Waals surface area (Å²) in [5.41, 5.74) is 7.99. The van der Waals surface area contributed by atoms with Crippen LogP contribution in [0.25, 0.3) is 16.8 Å². The fourth-order valence-corrected chi connectivity index (χ4v) is 3.86. The van der Waals surface area contributed by atoms with E-state index in [-0.39, 0.29) is 23.8 Å². The minimum Gasteiger partial charge on any atom is -0.446 e. The third kappa shape index (κ3) is 3.84. The number of aryl methyl sites for hydroxylation is 1. The number of hydrogen-bond donors (Lipinski definition) is 2. The van der Waals surface area contributed by atoms with E-state index in [1.807, 2.05) is 0 Å². The third-order valence-electron chi connectivity index (χ3n) is 5.64. The number of hydrogen-bond acceptors (Lipinski definition) is 6. The third-order valence-corrected chi connectivity index (χ3v) is 5.64. The molecule has 0 bridgehead atoms. The molecule has 176 valence electrons. The van der Waals surface area contributed by atoms with Gasteiger partial charge in [0.1, 0.15) is 42.3 Å².